The monoisotopic (exact) mass is 325 g/mol. The van der Waals surface area contributed by atoms with Crippen LogP contribution >= 0.6 is 0 Å². The van der Waals surface area contributed by atoms with Gasteiger partial charge in [-0.3, -0.25) is 9.48 Å². The van der Waals surface area contributed by atoms with Crippen LogP contribution in [0.5, 0.6) is 5.75 Å². The number of fused-ring (bicyclic) bond motifs is 1. The molecule has 4 rings (SSSR count). The van der Waals surface area contributed by atoms with Gasteiger partial charge in [0.2, 0.25) is 0 Å². The standard InChI is InChI=1S/C19H23N3O2/c1-14-11-20-21(12-14)13-16-7-4-5-9-22(16)19(23)18-10-15-6-2-3-8-17(15)24-18/h2-3,6,8,11-12,16,18H,4-5,7,9-10,13H2,1H3/t16-,18+/m0/s1. The fraction of sp³-hybridized carbons (Fsp3) is 0.474. The maximum Gasteiger partial charge on any atom is 0.264 e. The number of hydrogen-bond donors (Lipinski definition) is 0. The molecular weight excluding hydrogens is 302 g/mol. The maximum absolute atomic E-state index is 13.0. The first-order chi connectivity index (χ1) is 11.7. The van der Waals surface area contributed by atoms with Gasteiger partial charge in [-0.05, 0) is 43.4 Å². The van der Waals surface area contributed by atoms with Gasteiger partial charge < -0.3 is 9.64 Å². The predicted molar refractivity (Wildman–Crippen MR) is 90.9 cm³/mol. The number of hydrogen-bond acceptors (Lipinski definition) is 3. The highest BCUT2D eigenvalue weighted by atomic mass is 16.5. The molecule has 2 aliphatic rings. The number of ether oxygens (including phenoxy) is 1. The lowest BCUT2D eigenvalue weighted by Gasteiger charge is -2.37. The Labute approximate surface area is 142 Å². The Balaban J connectivity index is 1.47. The van der Waals surface area contributed by atoms with Crippen molar-refractivity contribution in [1.29, 1.82) is 0 Å². The first-order valence-corrected chi connectivity index (χ1v) is 8.75. The fourth-order valence-electron chi connectivity index (χ4n) is 3.77. The van der Waals surface area contributed by atoms with E-state index >= 15 is 0 Å². The number of piperidine rings is 1. The molecule has 1 aromatic carbocycles. The third-order valence-corrected chi connectivity index (χ3v) is 4.99. The van der Waals surface area contributed by atoms with Gasteiger partial charge in [-0.15, -0.1) is 0 Å². The zero-order valence-corrected chi connectivity index (χ0v) is 14.0. The summed E-state index contributed by atoms with van der Waals surface area (Å²) in [4.78, 5) is 15.1. The summed E-state index contributed by atoms with van der Waals surface area (Å²) >= 11 is 0. The Morgan fingerprint density at radius 3 is 3.00 bits per heavy atom. The Kier molecular flexibility index (Phi) is 4.00. The van der Waals surface area contributed by atoms with E-state index in [0.717, 1.165) is 42.8 Å². The van der Waals surface area contributed by atoms with Gasteiger partial charge in [-0.2, -0.15) is 5.10 Å². The second kappa shape index (κ2) is 6.30. The fourth-order valence-corrected chi connectivity index (χ4v) is 3.77. The molecule has 5 nitrogen and oxygen atoms in total. The van der Waals surface area contributed by atoms with Crippen LogP contribution in [0.15, 0.2) is 36.7 Å². The van der Waals surface area contributed by atoms with Crippen molar-refractivity contribution in [2.45, 2.75) is 51.3 Å². The molecule has 2 aromatic rings. The van der Waals surface area contributed by atoms with Crippen molar-refractivity contribution in [3.8, 4) is 5.75 Å². The van der Waals surface area contributed by atoms with Gasteiger partial charge in [-0.1, -0.05) is 18.2 Å². The Morgan fingerprint density at radius 1 is 1.33 bits per heavy atom. The Morgan fingerprint density at radius 2 is 2.21 bits per heavy atom. The van der Waals surface area contributed by atoms with Crippen molar-refractivity contribution in [1.82, 2.24) is 14.7 Å². The second-order valence-electron chi connectivity index (χ2n) is 6.84. The number of para-hydroxylation sites is 1. The summed E-state index contributed by atoms with van der Waals surface area (Å²) in [6.45, 7) is 3.62. The average molecular weight is 325 g/mol. The van der Waals surface area contributed by atoms with Crippen LogP contribution in [0.25, 0.3) is 0 Å². The summed E-state index contributed by atoms with van der Waals surface area (Å²) in [6, 6.07) is 8.15. The minimum absolute atomic E-state index is 0.125. The Bertz CT molecular complexity index is 715. The molecule has 0 aliphatic carbocycles. The van der Waals surface area contributed by atoms with Gasteiger partial charge in [0.25, 0.3) is 5.91 Å². The summed E-state index contributed by atoms with van der Waals surface area (Å²) in [5.41, 5.74) is 2.28. The lowest BCUT2D eigenvalue weighted by Crippen LogP contribution is -2.50. The first-order valence-electron chi connectivity index (χ1n) is 8.75. The lowest BCUT2D eigenvalue weighted by molar-refractivity contribution is -0.142. The quantitative estimate of drug-likeness (QED) is 0.871. The second-order valence-corrected chi connectivity index (χ2v) is 6.84. The zero-order valence-electron chi connectivity index (χ0n) is 14.0. The zero-order chi connectivity index (χ0) is 16.5. The van der Waals surface area contributed by atoms with Gasteiger partial charge in [0, 0.05) is 19.2 Å². The lowest BCUT2D eigenvalue weighted by atomic mass is 10.0. The van der Waals surface area contributed by atoms with Crippen LogP contribution < -0.4 is 4.74 Å². The normalized spacial score (nSPS) is 23.0. The molecule has 2 aliphatic heterocycles. The molecule has 1 amide bonds. The molecule has 1 fully saturated rings. The van der Waals surface area contributed by atoms with Gasteiger partial charge in [0.15, 0.2) is 6.10 Å². The van der Waals surface area contributed by atoms with Crippen LogP contribution in [0.3, 0.4) is 0 Å². The van der Waals surface area contributed by atoms with Crippen molar-refractivity contribution in [3.05, 3.63) is 47.8 Å². The molecule has 0 spiro atoms. The van der Waals surface area contributed by atoms with Gasteiger partial charge in [-0.25, -0.2) is 0 Å². The minimum atomic E-state index is -0.373. The molecule has 1 saturated heterocycles. The highest BCUT2D eigenvalue weighted by Gasteiger charge is 2.36. The summed E-state index contributed by atoms with van der Waals surface area (Å²) in [7, 11) is 0. The summed E-state index contributed by atoms with van der Waals surface area (Å²) < 4.78 is 7.87. The topological polar surface area (TPSA) is 47.4 Å². The van der Waals surface area contributed by atoms with Crippen LogP contribution in [-0.4, -0.2) is 39.3 Å². The molecule has 0 radical (unpaired) electrons. The van der Waals surface area contributed by atoms with Crippen molar-refractivity contribution in [3.63, 3.8) is 0 Å². The highest BCUT2D eigenvalue weighted by Crippen LogP contribution is 2.30. The van der Waals surface area contributed by atoms with E-state index in [4.69, 9.17) is 4.74 Å². The smallest absolute Gasteiger partial charge is 0.264 e. The van der Waals surface area contributed by atoms with Crippen molar-refractivity contribution >= 4 is 5.91 Å². The van der Waals surface area contributed by atoms with Crippen molar-refractivity contribution in [2.24, 2.45) is 0 Å². The molecule has 126 valence electrons. The van der Waals surface area contributed by atoms with Gasteiger partial charge in [0.05, 0.1) is 18.8 Å². The van der Waals surface area contributed by atoms with E-state index in [-0.39, 0.29) is 18.1 Å². The summed E-state index contributed by atoms with van der Waals surface area (Å²) in [5.74, 6) is 0.979. The van der Waals surface area contributed by atoms with E-state index in [1.54, 1.807) is 0 Å². The molecule has 0 saturated carbocycles. The minimum Gasteiger partial charge on any atom is -0.480 e. The number of benzene rings is 1. The number of aryl methyl sites for hydroxylation is 1. The summed E-state index contributed by atoms with van der Waals surface area (Å²) in [5, 5.41) is 4.38. The largest absolute Gasteiger partial charge is 0.480 e. The van der Waals surface area contributed by atoms with E-state index in [0.29, 0.717) is 6.42 Å². The SMILES string of the molecule is Cc1cnn(C[C@@H]2CCCCN2C(=O)[C@H]2Cc3ccccc3O2)c1. The average Bonchev–Trinajstić information content (AvgIpc) is 3.20. The third kappa shape index (κ3) is 2.90. The van der Waals surface area contributed by atoms with Crippen LogP contribution in [-0.2, 0) is 17.8 Å². The molecular formula is C19H23N3O2. The number of aromatic nitrogens is 2. The molecule has 5 heteroatoms. The van der Waals surface area contributed by atoms with Crippen molar-refractivity contribution in [2.75, 3.05) is 6.54 Å². The van der Waals surface area contributed by atoms with Gasteiger partial charge >= 0.3 is 0 Å². The molecule has 2 atom stereocenters. The molecule has 3 heterocycles. The summed E-state index contributed by atoms with van der Waals surface area (Å²) in [6.07, 6.45) is 7.48. The van der Waals surface area contributed by atoms with Crippen molar-refractivity contribution < 1.29 is 9.53 Å². The molecule has 24 heavy (non-hydrogen) atoms. The molecule has 0 unspecified atom stereocenters. The van der Waals surface area contributed by atoms with E-state index in [1.807, 2.05) is 53.2 Å². The van der Waals surface area contributed by atoms with E-state index < -0.39 is 0 Å². The molecule has 0 N–H and O–H groups in total. The maximum atomic E-state index is 13.0. The molecule has 1 aromatic heterocycles. The van der Waals surface area contributed by atoms with Crippen LogP contribution in [0.1, 0.15) is 30.4 Å². The predicted octanol–water partition coefficient (Wildman–Crippen LogP) is 2.58. The number of likely N-dealkylation sites (tertiary alicyclic amines) is 1. The van der Waals surface area contributed by atoms with Crippen LogP contribution in [0.4, 0.5) is 0 Å². The number of carbonyl (C=O) groups is 1. The van der Waals surface area contributed by atoms with Gasteiger partial charge in [0.1, 0.15) is 5.75 Å². The van der Waals surface area contributed by atoms with Crippen LogP contribution in [0.2, 0.25) is 0 Å². The van der Waals surface area contributed by atoms with Crippen LogP contribution in [0, 0.1) is 6.92 Å². The van der Waals surface area contributed by atoms with E-state index in [1.165, 1.54) is 6.42 Å². The highest BCUT2D eigenvalue weighted by molar-refractivity contribution is 5.83. The van der Waals surface area contributed by atoms with E-state index in [2.05, 4.69) is 5.10 Å². The number of amides is 1. The third-order valence-electron chi connectivity index (χ3n) is 4.99. The number of carbonyl (C=O) groups excluding carboxylic acids is 1. The first kappa shape index (κ1) is 15.2. The van der Waals surface area contributed by atoms with E-state index in [9.17, 15) is 4.79 Å². The Hall–Kier alpha value is -2.30. The number of nitrogens with zero attached hydrogens (tertiary/aromatic N) is 3. The molecule has 0 bridgehead atoms. The number of rotatable bonds is 3.